The molecule has 4 heteroatoms. The van der Waals surface area contributed by atoms with Gasteiger partial charge in [0.2, 0.25) is 5.91 Å². The molecule has 2 atom stereocenters. The Balaban J connectivity index is 1.65. The van der Waals surface area contributed by atoms with Crippen LogP contribution in [0.25, 0.3) is 0 Å². The maximum Gasteiger partial charge on any atom is 0.223 e. The summed E-state index contributed by atoms with van der Waals surface area (Å²) >= 11 is 0. The second-order valence-electron chi connectivity index (χ2n) is 4.55. The van der Waals surface area contributed by atoms with Crippen LogP contribution in [-0.4, -0.2) is 18.6 Å². The molecule has 1 fully saturated rings. The summed E-state index contributed by atoms with van der Waals surface area (Å²) in [6, 6.07) is 7.55. The predicted octanol–water partition coefficient (Wildman–Crippen LogP) is 1.56. The van der Waals surface area contributed by atoms with Gasteiger partial charge < -0.3 is 15.8 Å². The molecule has 0 heterocycles. The fourth-order valence-corrected chi connectivity index (χ4v) is 1.63. The number of nitrogens with two attached hydrogens (primary N) is 1. The maximum atomic E-state index is 11.5. The van der Waals surface area contributed by atoms with Gasteiger partial charge in [-0.2, -0.15) is 0 Å². The minimum Gasteiger partial charge on any atom is -0.493 e. The van der Waals surface area contributed by atoms with Gasteiger partial charge in [-0.05, 0) is 36.6 Å². The van der Waals surface area contributed by atoms with E-state index in [1.165, 1.54) is 0 Å². The Bertz CT molecular complexity index is 389. The maximum absolute atomic E-state index is 11.5. The number of hydrogen-bond acceptors (Lipinski definition) is 3. The number of nitrogen functional groups attached to an aromatic ring is 1. The lowest BCUT2D eigenvalue weighted by atomic mass is 10.3. The van der Waals surface area contributed by atoms with E-state index in [4.69, 9.17) is 10.5 Å². The van der Waals surface area contributed by atoms with Crippen LogP contribution in [0.15, 0.2) is 24.3 Å². The van der Waals surface area contributed by atoms with Crippen molar-refractivity contribution >= 4 is 11.6 Å². The summed E-state index contributed by atoms with van der Waals surface area (Å²) in [4.78, 5) is 11.5. The van der Waals surface area contributed by atoms with Crippen molar-refractivity contribution in [3.8, 4) is 5.75 Å². The molecule has 0 aliphatic heterocycles. The van der Waals surface area contributed by atoms with Crippen LogP contribution < -0.4 is 15.8 Å². The van der Waals surface area contributed by atoms with Crippen LogP contribution in [-0.2, 0) is 4.79 Å². The molecule has 1 aliphatic rings. The van der Waals surface area contributed by atoms with Gasteiger partial charge >= 0.3 is 0 Å². The van der Waals surface area contributed by atoms with Crippen molar-refractivity contribution in [3.63, 3.8) is 0 Å². The summed E-state index contributed by atoms with van der Waals surface area (Å²) in [5, 5.41) is 2.96. The average Bonchev–Trinajstić information content (AvgIpc) is 2.97. The van der Waals surface area contributed by atoms with E-state index in [1.54, 1.807) is 24.3 Å². The van der Waals surface area contributed by atoms with Crippen LogP contribution in [0.1, 0.15) is 19.8 Å². The van der Waals surface area contributed by atoms with Gasteiger partial charge in [-0.15, -0.1) is 0 Å². The van der Waals surface area contributed by atoms with Gasteiger partial charge in [0.1, 0.15) is 5.75 Å². The van der Waals surface area contributed by atoms with E-state index in [2.05, 4.69) is 12.2 Å². The SMILES string of the molecule is CC1CC1NC(=O)CCOc1ccc(N)cc1. The molecule has 17 heavy (non-hydrogen) atoms. The van der Waals surface area contributed by atoms with E-state index in [-0.39, 0.29) is 5.91 Å². The van der Waals surface area contributed by atoms with Crippen molar-refractivity contribution in [2.75, 3.05) is 12.3 Å². The molecular formula is C13H18N2O2. The lowest BCUT2D eigenvalue weighted by Crippen LogP contribution is -2.27. The summed E-state index contributed by atoms with van der Waals surface area (Å²) < 4.78 is 5.44. The fourth-order valence-electron chi connectivity index (χ4n) is 1.63. The van der Waals surface area contributed by atoms with Crippen molar-refractivity contribution < 1.29 is 9.53 Å². The smallest absolute Gasteiger partial charge is 0.223 e. The quantitative estimate of drug-likeness (QED) is 0.760. The number of anilines is 1. The number of carbonyl (C=O) groups excluding carboxylic acids is 1. The standard InChI is InChI=1S/C13H18N2O2/c1-9-8-12(9)15-13(16)6-7-17-11-4-2-10(14)3-5-11/h2-5,9,12H,6-8,14H2,1H3,(H,15,16). The van der Waals surface area contributed by atoms with E-state index >= 15 is 0 Å². The highest BCUT2D eigenvalue weighted by atomic mass is 16.5. The number of benzene rings is 1. The first-order valence-electron chi connectivity index (χ1n) is 5.93. The third kappa shape index (κ3) is 3.66. The Morgan fingerprint density at radius 3 is 2.71 bits per heavy atom. The van der Waals surface area contributed by atoms with Gasteiger partial charge in [0.25, 0.3) is 0 Å². The molecule has 0 aromatic heterocycles. The Hall–Kier alpha value is -1.71. The normalized spacial score (nSPS) is 21.9. The van der Waals surface area contributed by atoms with Crippen LogP contribution in [0.4, 0.5) is 5.69 Å². The van der Waals surface area contributed by atoms with Gasteiger partial charge in [-0.3, -0.25) is 4.79 Å². The van der Waals surface area contributed by atoms with Crippen molar-refractivity contribution in [3.05, 3.63) is 24.3 Å². The molecule has 2 unspecified atom stereocenters. The highest BCUT2D eigenvalue weighted by Crippen LogP contribution is 2.28. The number of ether oxygens (including phenoxy) is 1. The molecular weight excluding hydrogens is 216 g/mol. The summed E-state index contributed by atoms with van der Waals surface area (Å²) in [5.74, 6) is 1.44. The van der Waals surface area contributed by atoms with Gasteiger partial charge in [0.15, 0.2) is 0 Å². The molecule has 0 radical (unpaired) electrons. The predicted molar refractivity (Wildman–Crippen MR) is 66.7 cm³/mol. The van der Waals surface area contributed by atoms with Gasteiger partial charge in [0, 0.05) is 11.7 Å². The molecule has 0 saturated heterocycles. The van der Waals surface area contributed by atoms with E-state index < -0.39 is 0 Å². The van der Waals surface area contributed by atoms with Crippen LogP contribution in [0.5, 0.6) is 5.75 Å². The third-order valence-electron chi connectivity index (χ3n) is 2.93. The van der Waals surface area contributed by atoms with Crippen LogP contribution in [0, 0.1) is 5.92 Å². The van der Waals surface area contributed by atoms with E-state index in [9.17, 15) is 4.79 Å². The first-order valence-corrected chi connectivity index (χ1v) is 5.93. The minimum atomic E-state index is 0.0646. The van der Waals surface area contributed by atoms with Crippen molar-refractivity contribution in [1.29, 1.82) is 0 Å². The molecule has 92 valence electrons. The number of carbonyl (C=O) groups is 1. The molecule has 1 aromatic carbocycles. The Labute approximate surface area is 101 Å². The fraction of sp³-hybridized carbons (Fsp3) is 0.462. The van der Waals surface area contributed by atoms with Crippen molar-refractivity contribution in [2.24, 2.45) is 5.92 Å². The molecule has 1 amide bonds. The molecule has 3 N–H and O–H groups in total. The summed E-state index contributed by atoms with van der Waals surface area (Å²) in [5.41, 5.74) is 6.26. The largest absolute Gasteiger partial charge is 0.493 e. The van der Waals surface area contributed by atoms with Crippen molar-refractivity contribution in [1.82, 2.24) is 5.32 Å². The van der Waals surface area contributed by atoms with E-state index in [0.717, 1.165) is 12.2 Å². The zero-order chi connectivity index (χ0) is 12.3. The molecule has 1 aromatic rings. The van der Waals surface area contributed by atoms with Gasteiger partial charge in [-0.25, -0.2) is 0 Å². The van der Waals surface area contributed by atoms with Crippen LogP contribution >= 0.6 is 0 Å². The van der Waals surface area contributed by atoms with E-state index in [1.807, 2.05) is 0 Å². The zero-order valence-electron chi connectivity index (χ0n) is 9.98. The first kappa shape index (κ1) is 11.8. The minimum absolute atomic E-state index is 0.0646. The number of nitrogens with one attached hydrogen (secondary N) is 1. The number of rotatable bonds is 5. The first-order chi connectivity index (χ1) is 8.15. The average molecular weight is 234 g/mol. The van der Waals surface area contributed by atoms with Crippen LogP contribution in [0.3, 0.4) is 0 Å². The van der Waals surface area contributed by atoms with Gasteiger partial charge in [0.05, 0.1) is 13.0 Å². The Morgan fingerprint density at radius 2 is 2.12 bits per heavy atom. The van der Waals surface area contributed by atoms with Crippen LogP contribution in [0.2, 0.25) is 0 Å². The number of hydrogen-bond donors (Lipinski definition) is 2. The zero-order valence-corrected chi connectivity index (χ0v) is 9.98. The second kappa shape index (κ2) is 5.08. The highest BCUT2D eigenvalue weighted by Gasteiger charge is 2.33. The molecule has 4 nitrogen and oxygen atoms in total. The second-order valence-corrected chi connectivity index (χ2v) is 4.55. The Morgan fingerprint density at radius 1 is 1.47 bits per heavy atom. The molecule has 1 aliphatic carbocycles. The summed E-state index contributed by atoms with van der Waals surface area (Å²) in [6.07, 6.45) is 1.50. The highest BCUT2D eigenvalue weighted by molar-refractivity contribution is 5.76. The molecule has 2 rings (SSSR count). The molecule has 0 spiro atoms. The third-order valence-corrected chi connectivity index (χ3v) is 2.93. The van der Waals surface area contributed by atoms with Crippen molar-refractivity contribution in [2.45, 2.75) is 25.8 Å². The lowest BCUT2D eigenvalue weighted by Gasteiger charge is -2.07. The molecule has 0 bridgehead atoms. The Kier molecular flexibility index (Phi) is 3.52. The van der Waals surface area contributed by atoms with E-state index in [0.29, 0.717) is 30.7 Å². The molecule has 1 saturated carbocycles. The summed E-state index contributed by atoms with van der Waals surface area (Å²) in [7, 11) is 0. The topological polar surface area (TPSA) is 64.3 Å². The summed E-state index contributed by atoms with van der Waals surface area (Å²) in [6.45, 7) is 2.53. The van der Waals surface area contributed by atoms with Gasteiger partial charge in [-0.1, -0.05) is 6.92 Å². The number of amides is 1. The lowest BCUT2D eigenvalue weighted by molar-refractivity contribution is -0.121. The monoisotopic (exact) mass is 234 g/mol.